The molecule has 0 saturated carbocycles. The number of nitrogens with zero attached hydrogens (tertiary/aromatic N) is 2. The molecule has 4 heteroatoms. The van der Waals surface area contributed by atoms with Gasteiger partial charge >= 0.3 is 0 Å². The third-order valence-corrected chi connectivity index (χ3v) is 4.99. The largest absolute Gasteiger partial charge is 0.350 e. The topological polar surface area (TPSA) is 46.9 Å². The molecule has 4 nitrogen and oxygen atoms in total. The Bertz CT molecular complexity index is 1100. The van der Waals surface area contributed by atoms with Gasteiger partial charge in [-0.3, -0.25) is 9.48 Å². The van der Waals surface area contributed by atoms with Crippen LogP contribution in [0.4, 0.5) is 0 Å². The highest BCUT2D eigenvalue weighted by atomic mass is 16.2. The number of amides is 1. The highest BCUT2D eigenvalue weighted by Gasteiger charge is 2.20. The van der Waals surface area contributed by atoms with E-state index < -0.39 is 6.04 Å². The summed E-state index contributed by atoms with van der Waals surface area (Å²) in [4.78, 5) is 12.8. The predicted molar refractivity (Wildman–Crippen MR) is 113 cm³/mol. The second-order valence-electron chi connectivity index (χ2n) is 7.06. The number of aromatic nitrogens is 2. The van der Waals surface area contributed by atoms with E-state index in [0.29, 0.717) is 6.54 Å². The molecule has 3 aromatic carbocycles. The zero-order chi connectivity index (χ0) is 19.5. The third kappa shape index (κ3) is 3.54. The lowest BCUT2D eigenvalue weighted by Gasteiger charge is -2.14. The van der Waals surface area contributed by atoms with Crippen LogP contribution in [0.25, 0.3) is 22.2 Å². The van der Waals surface area contributed by atoms with E-state index in [1.807, 2.05) is 72.3 Å². The summed E-state index contributed by atoms with van der Waals surface area (Å²) in [6.45, 7) is 4.45. The van der Waals surface area contributed by atoms with Gasteiger partial charge in [0, 0.05) is 17.5 Å². The Hall–Kier alpha value is -3.40. The number of aryl methyl sites for hydroxylation is 1. The maximum absolute atomic E-state index is 12.8. The molecule has 0 aliphatic carbocycles. The smallest absolute Gasteiger partial charge is 0.244 e. The van der Waals surface area contributed by atoms with Crippen LogP contribution in [-0.4, -0.2) is 15.7 Å². The molecule has 1 heterocycles. The van der Waals surface area contributed by atoms with E-state index in [2.05, 4.69) is 30.4 Å². The number of rotatable bonds is 5. The van der Waals surface area contributed by atoms with Gasteiger partial charge in [0.25, 0.3) is 0 Å². The molecule has 1 aromatic heterocycles. The fourth-order valence-corrected chi connectivity index (χ4v) is 3.35. The van der Waals surface area contributed by atoms with Crippen molar-refractivity contribution in [1.29, 1.82) is 0 Å². The van der Waals surface area contributed by atoms with Gasteiger partial charge < -0.3 is 5.32 Å². The van der Waals surface area contributed by atoms with Crippen molar-refractivity contribution in [2.45, 2.75) is 26.4 Å². The first kappa shape index (κ1) is 18.0. The fourth-order valence-electron chi connectivity index (χ4n) is 3.35. The van der Waals surface area contributed by atoms with Crippen molar-refractivity contribution in [3.8, 4) is 11.3 Å². The highest BCUT2D eigenvalue weighted by molar-refractivity contribution is 5.94. The molecule has 1 atom stereocenters. The van der Waals surface area contributed by atoms with Crippen molar-refractivity contribution in [3.05, 3.63) is 90.0 Å². The Morgan fingerprint density at radius 2 is 1.64 bits per heavy atom. The number of fused-ring (bicyclic) bond motifs is 1. The van der Waals surface area contributed by atoms with Crippen LogP contribution >= 0.6 is 0 Å². The van der Waals surface area contributed by atoms with Crippen molar-refractivity contribution in [3.63, 3.8) is 0 Å². The van der Waals surface area contributed by atoms with E-state index in [1.54, 1.807) is 0 Å². The summed E-state index contributed by atoms with van der Waals surface area (Å²) in [5.41, 5.74) is 5.19. The number of para-hydroxylation sites is 1. The molecule has 4 rings (SSSR count). The van der Waals surface area contributed by atoms with Crippen LogP contribution in [-0.2, 0) is 11.3 Å². The second-order valence-corrected chi connectivity index (χ2v) is 7.06. The summed E-state index contributed by atoms with van der Waals surface area (Å²) in [6.07, 6.45) is 0. The SMILES string of the molecule is Cc1ccc(CNC(=O)[C@@H](C)n2nc(-c3ccccc3)c3ccccc32)cc1. The molecule has 0 radical (unpaired) electrons. The molecule has 0 aliphatic rings. The van der Waals surface area contributed by atoms with Gasteiger partial charge in [0.15, 0.2) is 0 Å². The molecule has 140 valence electrons. The van der Waals surface area contributed by atoms with Gasteiger partial charge in [-0.15, -0.1) is 0 Å². The molecule has 0 spiro atoms. The van der Waals surface area contributed by atoms with E-state index >= 15 is 0 Å². The first-order valence-electron chi connectivity index (χ1n) is 9.49. The lowest BCUT2D eigenvalue weighted by molar-refractivity contribution is -0.124. The Morgan fingerprint density at radius 3 is 2.39 bits per heavy atom. The van der Waals surface area contributed by atoms with E-state index in [0.717, 1.165) is 27.7 Å². The molecule has 0 aliphatic heterocycles. The van der Waals surface area contributed by atoms with Crippen LogP contribution in [0.5, 0.6) is 0 Å². The lowest BCUT2D eigenvalue weighted by Crippen LogP contribution is -2.31. The first-order valence-corrected chi connectivity index (χ1v) is 9.49. The second kappa shape index (κ2) is 7.69. The van der Waals surface area contributed by atoms with E-state index in [9.17, 15) is 4.79 Å². The van der Waals surface area contributed by atoms with Gasteiger partial charge in [0.2, 0.25) is 5.91 Å². The number of nitrogens with one attached hydrogen (secondary N) is 1. The van der Waals surface area contributed by atoms with Gasteiger partial charge in [0.05, 0.1) is 5.52 Å². The van der Waals surface area contributed by atoms with Gasteiger partial charge in [0.1, 0.15) is 11.7 Å². The minimum absolute atomic E-state index is 0.0477. The Balaban J connectivity index is 1.61. The molecular formula is C24H23N3O. The molecule has 1 N–H and O–H groups in total. The van der Waals surface area contributed by atoms with Crippen LogP contribution in [0, 0.1) is 6.92 Å². The van der Waals surface area contributed by atoms with Gasteiger partial charge in [-0.1, -0.05) is 78.4 Å². The number of carbonyl (C=O) groups excluding carboxylic acids is 1. The molecule has 0 unspecified atom stereocenters. The van der Waals surface area contributed by atoms with Crippen LogP contribution < -0.4 is 5.32 Å². The standard InChI is InChI=1S/C24H23N3O/c1-17-12-14-19(15-13-17)16-25-24(28)18(2)27-22-11-7-6-10-21(22)23(26-27)20-8-4-3-5-9-20/h3-15,18H,16H2,1-2H3,(H,25,28)/t18-/m1/s1. The number of hydrogen-bond acceptors (Lipinski definition) is 2. The Morgan fingerprint density at radius 1 is 0.964 bits per heavy atom. The molecule has 0 bridgehead atoms. The quantitative estimate of drug-likeness (QED) is 0.544. The van der Waals surface area contributed by atoms with Crippen molar-refractivity contribution < 1.29 is 4.79 Å². The molecular weight excluding hydrogens is 346 g/mol. The van der Waals surface area contributed by atoms with Crippen molar-refractivity contribution in [1.82, 2.24) is 15.1 Å². The molecule has 28 heavy (non-hydrogen) atoms. The lowest BCUT2D eigenvalue weighted by atomic mass is 10.1. The summed E-state index contributed by atoms with van der Waals surface area (Å²) < 4.78 is 1.82. The van der Waals surface area contributed by atoms with Gasteiger partial charge in [-0.05, 0) is 25.5 Å². The zero-order valence-corrected chi connectivity index (χ0v) is 16.1. The van der Waals surface area contributed by atoms with E-state index in [1.165, 1.54) is 5.56 Å². The first-order chi connectivity index (χ1) is 13.6. The average molecular weight is 369 g/mol. The number of hydrogen-bond donors (Lipinski definition) is 1. The molecule has 4 aromatic rings. The third-order valence-electron chi connectivity index (χ3n) is 4.99. The maximum atomic E-state index is 12.8. The number of carbonyl (C=O) groups is 1. The Kier molecular flexibility index (Phi) is 4.94. The van der Waals surface area contributed by atoms with Crippen LogP contribution in [0.3, 0.4) is 0 Å². The van der Waals surface area contributed by atoms with Crippen LogP contribution in [0.15, 0.2) is 78.9 Å². The Labute approximate surface area is 164 Å². The fraction of sp³-hybridized carbons (Fsp3) is 0.167. The van der Waals surface area contributed by atoms with E-state index in [4.69, 9.17) is 5.10 Å². The number of benzene rings is 3. The van der Waals surface area contributed by atoms with Crippen LogP contribution in [0.2, 0.25) is 0 Å². The normalized spacial score (nSPS) is 12.1. The van der Waals surface area contributed by atoms with Crippen molar-refractivity contribution in [2.24, 2.45) is 0 Å². The maximum Gasteiger partial charge on any atom is 0.244 e. The summed E-state index contributed by atoms with van der Waals surface area (Å²) in [5.74, 6) is -0.0477. The summed E-state index contributed by atoms with van der Waals surface area (Å²) in [7, 11) is 0. The van der Waals surface area contributed by atoms with Crippen molar-refractivity contribution >= 4 is 16.8 Å². The predicted octanol–water partition coefficient (Wildman–Crippen LogP) is 4.89. The molecule has 0 fully saturated rings. The minimum atomic E-state index is -0.409. The van der Waals surface area contributed by atoms with E-state index in [-0.39, 0.29) is 5.91 Å². The average Bonchev–Trinajstić information content (AvgIpc) is 3.13. The summed E-state index contributed by atoms with van der Waals surface area (Å²) >= 11 is 0. The monoisotopic (exact) mass is 369 g/mol. The van der Waals surface area contributed by atoms with Crippen LogP contribution in [0.1, 0.15) is 24.1 Å². The summed E-state index contributed by atoms with van der Waals surface area (Å²) in [5, 5.41) is 8.88. The van der Waals surface area contributed by atoms with Gasteiger partial charge in [-0.25, -0.2) is 0 Å². The summed E-state index contributed by atoms with van der Waals surface area (Å²) in [6, 6.07) is 25.9. The van der Waals surface area contributed by atoms with Gasteiger partial charge in [-0.2, -0.15) is 5.10 Å². The minimum Gasteiger partial charge on any atom is -0.350 e. The highest BCUT2D eigenvalue weighted by Crippen LogP contribution is 2.29. The molecule has 0 saturated heterocycles. The zero-order valence-electron chi connectivity index (χ0n) is 16.1. The molecule has 1 amide bonds. The van der Waals surface area contributed by atoms with Crippen molar-refractivity contribution in [2.75, 3.05) is 0 Å².